The molecule has 0 saturated heterocycles. The second-order valence-corrected chi connectivity index (χ2v) is 14.1. The molecular weight excluding hydrogens is 831 g/mol. The lowest BCUT2D eigenvalue weighted by molar-refractivity contribution is -0.136. The topological polar surface area (TPSA) is 176 Å². The van der Waals surface area contributed by atoms with Gasteiger partial charge >= 0.3 is 17.6 Å². The Morgan fingerprint density at radius 1 is 0.597 bits per heavy atom. The first-order chi connectivity index (χ1) is 29.1. The normalized spacial score (nSPS) is 12.0. The molecule has 3 heterocycles. The first-order valence-electron chi connectivity index (χ1n) is 19.0. The summed E-state index contributed by atoms with van der Waals surface area (Å²) in [5.41, 5.74) is 15.8. The van der Waals surface area contributed by atoms with Crippen LogP contribution in [0.2, 0.25) is 0 Å². The Kier molecular flexibility index (Phi) is 13.7. The van der Waals surface area contributed by atoms with Gasteiger partial charge in [0.2, 0.25) is 0 Å². The summed E-state index contributed by atoms with van der Waals surface area (Å²) in [5.74, 6) is 0.272. The molecule has 0 bridgehead atoms. The Balaban J connectivity index is 0.00000321. The minimum Gasteiger partial charge on any atom is -0.493 e. The van der Waals surface area contributed by atoms with Crippen molar-refractivity contribution in [1.29, 1.82) is 0 Å². The molecule has 13 nitrogen and oxygen atoms in total. The zero-order valence-electron chi connectivity index (χ0n) is 34.2. The van der Waals surface area contributed by atoms with Gasteiger partial charge in [-0.25, -0.2) is 14.4 Å². The van der Waals surface area contributed by atoms with Crippen LogP contribution in [0.5, 0.6) is 34.5 Å². The van der Waals surface area contributed by atoms with Gasteiger partial charge in [0.1, 0.15) is 23.2 Å². The standard InChI is InChI=1S/C47H41N3O10.2H2S/c1-54-36-22-29(15-16-34(36)58-45(51)32(48)19-26-11-7-5-8-12-26)41-42-31-24-39(57-4)40(60-46(52)33(49)20-27-13-9-6-10-14-27)25-35(31)59-47(53)44(42)50-18-17-28-21-37(55-2)38(56-3)23-30(28)43(41)50;;/h5-18,21-25,32-33H,19-20,48-49H2,1-4H3;2*1H2/t32-,33-;;/m0../s1. The summed E-state index contributed by atoms with van der Waals surface area (Å²) in [4.78, 5) is 40.7. The summed E-state index contributed by atoms with van der Waals surface area (Å²) in [6.07, 6.45) is 2.31. The molecule has 0 fully saturated rings. The van der Waals surface area contributed by atoms with Crippen LogP contribution in [0.1, 0.15) is 11.1 Å². The fourth-order valence-corrected chi connectivity index (χ4v) is 7.53. The van der Waals surface area contributed by atoms with Gasteiger partial charge in [0, 0.05) is 34.0 Å². The highest BCUT2D eigenvalue weighted by Crippen LogP contribution is 2.46. The zero-order chi connectivity index (χ0) is 42.1. The lowest BCUT2D eigenvalue weighted by Crippen LogP contribution is -2.36. The van der Waals surface area contributed by atoms with Gasteiger partial charge in [0.25, 0.3) is 0 Å². The van der Waals surface area contributed by atoms with Crippen molar-refractivity contribution < 1.29 is 42.4 Å². The summed E-state index contributed by atoms with van der Waals surface area (Å²) in [6, 6.07) is 30.6. The molecule has 0 unspecified atom stereocenters. The van der Waals surface area contributed by atoms with Gasteiger partial charge in [-0.05, 0) is 71.3 Å². The lowest BCUT2D eigenvalue weighted by atomic mass is 9.97. The molecule has 8 aromatic rings. The van der Waals surface area contributed by atoms with Crippen LogP contribution >= 0.6 is 27.0 Å². The molecule has 62 heavy (non-hydrogen) atoms. The molecule has 3 aromatic heterocycles. The first-order valence-corrected chi connectivity index (χ1v) is 19.0. The highest BCUT2D eigenvalue weighted by molar-refractivity contribution is 7.59. The highest BCUT2D eigenvalue weighted by Gasteiger charge is 2.27. The maximum atomic E-state index is 14.2. The van der Waals surface area contributed by atoms with Crippen LogP contribution < -0.4 is 45.5 Å². The third kappa shape index (κ3) is 8.47. The number of esters is 2. The predicted octanol–water partition coefficient (Wildman–Crippen LogP) is 7.23. The first kappa shape index (κ1) is 44.9. The van der Waals surface area contributed by atoms with E-state index in [1.54, 1.807) is 49.1 Å². The number of pyridine rings is 1. The second kappa shape index (κ2) is 19.0. The van der Waals surface area contributed by atoms with Crippen LogP contribution in [0.25, 0.3) is 49.3 Å². The third-order valence-corrected chi connectivity index (χ3v) is 10.4. The van der Waals surface area contributed by atoms with Crippen LogP contribution in [-0.4, -0.2) is 56.9 Å². The number of benzene rings is 5. The number of fused-ring (bicyclic) bond motifs is 7. The number of carbonyl (C=O) groups excluding carboxylic acids is 2. The van der Waals surface area contributed by atoms with Crippen molar-refractivity contribution in [2.75, 3.05) is 28.4 Å². The average Bonchev–Trinajstić information content (AvgIpc) is 3.63. The van der Waals surface area contributed by atoms with Crippen LogP contribution in [0.15, 0.2) is 125 Å². The van der Waals surface area contributed by atoms with E-state index in [2.05, 4.69) is 0 Å². The van der Waals surface area contributed by atoms with Gasteiger partial charge < -0.3 is 48.7 Å². The quantitative estimate of drug-likeness (QED) is 0.0677. The van der Waals surface area contributed by atoms with Crippen molar-refractivity contribution in [3.8, 4) is 45.6 Å². The average molecular weight is 876 g/mol. The Bertz CT molecular complexity index is 2990. The van der Waals surface area contributed by atoms with E-state index in [9.17, 15) is 14.4 Å². The molecule has 2 atom stereocenters. The fraction of sp³-hybridized carbons (Fsp3) is 0.170. The molecule has 0 radical (unpaired) electrons. The van der Waals surface area contributed by atoms with Crippen molar-refractivity contribution in [2.45, 2.75) is 24.9 Å². The van der Waals surface area contributed by atoms with E-state index >= 15 is 0 Å². The number of ether oxygens (including phenoxy) is 6. The van der Waals surface area contributed by atoms with E-state index in [0.717, 1.165) is 21.9 Å². The monoisotopic (exact) mass is 875 g/mol. The van der Waals surface area contributed by atoms with Gasteiger partial charge in [-0.1, -0.05) is 66.7 Å². The van der Waals surface area contributed by atoms with Crippen LogP contribution in [-0.2, 0) is 22.4 Å². The van der Waals surface area contributed by atoms with Crippen molar-refractivity contribution in [3.63, 3.8) is 0 Å². The molecule has 8 rings (SSSR count). The number of carbonyl (C=O) groups is 2. The second-order valence-electron chi connectivity index (χ2n) is 14.1. The number of nitrogens with two attached hydrogens (primary N) is 2. The summed E-state index contributed by atoms with van der Waals surface area (Å²) in [7, 11) is 6.01. The van der Waals surface area contributed by atoms with Gasteiger partial charge in [-0.15, -0.1) is 0 Å². The molecule has 4 N–H and O–H groups in total. The molecule has 0 saturated carbocycles. The molecule has 0 aliphatic heterocycles. The minimum atomic E-state index is -0.980. The number of aromatic nitrogens is 1. The molecule has 0 aliphatic carbocycles. The Hall–Kier alpha value is -6.65. The van der Waals surface area contributed by atoms with Crippen molar-refractivity contribution in [2.24, 2.45) is 11.5 Å². The van der Waals surface area contributed by atoms with E-state index in [4.69, 9.17) is 44.3 Å². The number of hydrogen-bond donors (Lipinski definition) is 2. The predicted molar refractivity (Wildman–Crippen MR) is 248 cm³/mol. The van der Waals surface area contributed by atoms with Crippen molar-refractivity contribution in [3.05, 3.63) is 137 Å². The lowest BCUT2D eigenvalue weighted by Gasteiger charge is -2.15. The summed E-state index contributed by atoms with van der Waals surface area (Å²) in [5, 5.41) is 2.49. The van der Waals surface area contributed by atoms with Gasteiger partial charge in [-0.3, -0.25) is 0 Å². The molecular formula is C47H45N3O10S2. The molecule has 0 amide bonds. The van der Waals surface area contributed by atoms with Gasteiger partial charge in [-0.2, -0.15) is 27.0 Å². The molecule has 0 aliphatic rings. The SMILES string of the molecule is COc1cc2ccn3c(c(-c4ccc(OC(=O)[C@@H](N)Cc5ccccc5)c(OC)c4)c4c5cc(OC)c(OC(=O)[C@@H](N)Cc6ccccc6)cc5oc(=O)c43)c2cc1OC.S.S. The number of hydrogen-bond acceptors (Lipinski definition) is 12. The van der Waals surface area contributed by atoms with Crippen LogP contribution in [0, 0.1) is 0 Å². The number of methoxy groups -OCH3 is 4. The van der Waals surface area contributed by atoms with Crippen LogP contribution in [0.3, 0.4) is 0 Å². The van der Waals surface area contributed by atoms with Crippen LogP contribution in [0.4, 0.5) is 0 Å². The maximum Gasteiger partial charge on any atom is 0.361 e. The summed E-state index contributed by atoms with van der Waals surface area (Å²) >= 11 is 0. The van der Waals surface area contributed by atoms with Gasteiger partial charge in [0.05, 0.1) is 34.0 Å². The molecule has 320 valence electrons. The maximum absolute atomic E-state index is 14.2. The van der Waals surface area contributed by atoms with Crippen molar-refractivity contribution in [1.82, 2.24) is 4.40 Å². The Labute approximate surface area is 369 Å². The van der Waals surface area contributed by atoms with E-state index < -0.39 is 29.6 Å². The molecule has 5 aromatic carbocycles. The summed E-state index contributed by atoms with van der Waals surface area (Å²) < 4.78 is 42.2. The zero-order valence-corrected chi connectivity index (χ0v) is 36.2. The van der Waals surface area contributed by atoms with Crippen molar-refractivity contribution >= 4 is 77.1 Å². The smallest absolute Gasteiger partial charge is 0.361 e. The largest absolute Gasteiger partial charge is 0.493 e. The molecule has 0 spiro atoms. The van der Waals surface area contributed by atoms with E-state index in [1.165, 1.54) is 20.3 Å². The number of nitrogens with zero attached hydrogens (tertiary/aromatic N) is 1. The van der Waals surface area contributed by atoms with E-state index in [0.29, 0.717) is 38.9 Å². The Morgan fingerprint density at radius 2 is 1.11 bits per heavy atom. The minimum absolute atomic E-state index is 0. The Morgan fingerprint density at radius 3 is 1.69 bits per heavy atom. The highest BCUT2D eigenvalue weighted by atomic mass is 32.1. The third-order valence-electron chi connectivity index (χ3n) is 10.4. The fourth-order valence-electron chi connectivity index (χ4n) is 7.53. The molecule has 15 heteroatoms. The number of rotatable bonds is 13. The van der Waals surface area contributed by atoms with Gasteiger partial charge in [0.15, 0.2) is 34.5 Å². The van der Waals surface area contributed by atoms with E-state index in [-0.39, 0.29) is 73.9 Å². The summed E-state index contributed by atoms with van der Waals surface area (Å²) in [6.45, 7) is 0. The van der Waals surface area contributed by atoms with E-state index in [1.807, 2.05) is 78.9 Å².